The molecule has 2 rings (SSSR count). The quantitative estimate of drug-likeness (QED) is 0.354. The molecule has 0 radical (unpaired) electrons. The highest BCUT2D eigenvalue weighted by molar-refractivity contribution is 6.04. The third-order valence-electron chi connectivity index (χ3n) is 4.76. The van der Waals surface area contributed by atoms with Crippen molar-refractivity contribution in [2.24, 2.45) is 0 Å². The van der Waals surface area contributed by atoms with E-state index in [9.17, 15) is 4.79 Å². The molecule has 0 saturated heterocycles. The number of ether oxygens (including phenoxy) is 2. The minimum Gasteiger partial charge on any atom is -0.494 e. The molecular weight excluding hydrogens is 362 g/mol. The Hall–Kier alpha value is -2.49. The highest BCUT2D eigenvalue weighted by Crippen LogP contribution is 2.18. The molecule has 4 heteroatoms. The molecule has 1 N–H and O–H groups in total. The average molecular weight is 398 g/mol. The van der Waals surface area contributed by atoms with E-state index in [2.05, 4.69) is 19.2 Å². The normalized spacial score (nSPS) is 10.6. The van der Waals surface area contributed by atoms with Crippen molar-refractivity contribution in [1.82, 2.24) is 0 Å². The lowest BCUT2D eigenvalue weighted by atomic mass is 10.2. The van der Waals surface area contributed by atoms with Crippen molar-refractivity contribution >= 4 is 11.6 Å². The maximum absolute atomic E-state index is 12.4. The molecule has 0 atom stereocenters. The van der Waals surface area contributed by atoms with Gasteiger partial charge in [-0.2, -0.15) is 0 Å². The van der Waals surface area contributed by atoms with Gasteiger partial charge in [0.15, 0.2) is 0 Å². The lowest BCUT2D eigenvalue weighted by Crippen LogP contribution is -2.11. The van der Waals surface area contributed by atoms with Crippen LogP contribution in [0.25, 0.3) is 0 Å². The maximum Gasteiger partial charge on any atom is 0.255 e. The van der Waals surface area contributed by atoms with Gasteiger partial charge in [-0.3, -0.25) is 4.79 Å². The summed E-state index contributed by atoms with van der Waals surface area (Å²) in [4.78, 5) is 12.4. The fourth-order valence-electron chi connectivity index (χ4n) is 2.98. The number of benzene rings is 2. The fourth-order valence-corrected chi connectivity index (χ4v) is 2.98. The monoisotopic (exact) mass is 397 g/mol. The number of nitrogens with one attached hydrogen (secondary N) is 1. The molecule has 0 bridgehead atoms. The van der Waals surface area contributed by atoms with E-state index in [1.807, 2.05) is 36.4 Å². The number of amides is 1. The zero-order chi connectivity index (χ0) is 20.7. The highest BCUT2D eigenvalue weighted by Gasteiger charge is 2.07. The number of hydrogen-bond donors (Lipinski definition) is 1. The minimum atomic E-state index is -0.132. The van der Waals surface area contributed by atoms with Gasteiger partial charge in [-0.05, 0) is 61.4 Å². The van der Waals surface area contributed by atoms with Crippen LogP contribution in [0.2, 0.25) is 0 Å². The Morgan fingerprint density at radius 3 is 1.66 bits per heavy atom. The predicted molar refractivity (Wildman–Crippen MR) is 120 cm³/mol. The minimum absolute atomic E-state index is 0.132. The Labute approximate surface area is 175 Å². The molecule has 29 heavy (non-hydrogen) atoms. The molecule has 158 valence electrons. The van der Waals surface area contributed by atoms with Gasteiger partial charge in [0.05, 0.1) is 13.2 Å². The predicted octanol–water partition coefficient (Wildman–Crippen LogP) is 6.86. The van der Waals surface area contributed by atoms with E-state index < -0.39 is 0 Å². The molecule has 0 aromatic heterocycles. The summed E-state index contributed by atoms with van der Waals surface area (Å²) in [6.45, 7) is 5.85. The third kappa shape index (κ3) is 9.03. The zero-order valence-corrected chi connectivity index (χ0v) is 17.9. The van der Waals surface area contributed by atoms with E-state index in [0.717, 1.165) is 43.2 Å². The summed E-state index contributed by atoms with van der Waals surface area (Å²) in [7, 11) is 0. The first-order chi connectivity index (χ1) is 14.2. The van der Waals surface area contributed by atoms with Crippen molar-refractivity contribution in [1.29, 1.82) is 0 Å². The molecule has 0 aliphatic heterocycles. The first-order valence-electron chi connectivity index (χ1n) is 11.0. The smallest absolute Gasteiger partial charge is 0.255 e. The molecule has 0 aliphatic rings. The summed E-state index contributed by atoms with van der Waals surface area (Å²) >= 11 is 0. The molecule has 0 saturated carbocycles. The molecule has 0 aliphatic carbocycles. The molecule has 0 unspecified atom stereocenters. The van der Waals surface area contributed by atoms with Crippen molar-refractivity contribution in [3.8, 4) is 11.5 Å². The van der Waals surface area contributed by atoms with Gasteiger partial charge in [0.25, 0.3) is 5.91 Å². The first-order valence-corrected chi connectivity index (χ1v) is 11.0. The van der Waals surface area contributed by atoms with Crippen molar-refractivity contribution in [3.05, 3.63) is 54.1 Å². The fraction of sp³-hybridized carbons (Fsp3) is 0.480. The van der Waals surface area contributed by atoms with E-state index in [-0.39, 0.29) is 5.91 Å². The molecule has 0 spiro atoms. The SMILES string of the molecule is CCCCCCOc1ccc(NC(=O)c2ccc(OCCCCCC)cc2)cc1. The van der Waals surface area contributed by atoms with E-state index in [1.165, 1.54) is 38.5 Å². The zero-order valence-electron chi connectivity index (χ0n) is 17.9. The van der Waals surface area contributed by atoms with Crippen LogP contribution in [0.15, 0.2) is 48.5 Å². The van der Waals surface area contributed by atoms with Crippen LogP contribution in [0.4, 0.5) is 5.69 Å². The number of carbonyl (C=O) groups excluding carboxylic acids is 1. The lowest BCUT2D eigenvalue weighted by molar-refractivity contribution is 0.102. The van der Waals surface area contributed by atoms with E-state index >= 15 is 0 Å². The average Bonchev–Trinajstić information content (AvgIpc) is 2.75. The van der Waals surface area contributed by atoms with Crippen LogP contribution in [0.1, 0.15) is 75.6 Å². The van der Waals surface area contributed by atoms with Crippen LogP contribution in [-0.2, 0) is 0 Å². The Morgan fingerprint density at radius 1 is 0.690 bits per heavy atom. The Morgan fingerprint density at radius 2 is 1.17 bits per heavy atom. The van der Waals surface area contributed by atoms with Crippen LogP contribution >= 0.6 is 0 Å². The van der Waals surface area contributed by atoms with Crippen LogP contribution in [0.5, 0.6) is 11.5 Å². The number of anilines is 1. The summed E-state index contributed by atoms with van der Waals surface area (Å²) in [6, 6.07) is 14.8. The number of rotatable bonds is 14. The molecule has 1 amide bonds. The summed E-state index contributed by atoms with van der Waals surface area (Å²) in [6.07, 6.45) is 9.48. The maximum atomic E-state index is 12.4. The van der Waals surface area contributed by atoms with E-state index in [0.29, 0.717) is 5.56 Å². The second-order valence-electron chi connectivity index (χ2n) is 7.32. The topological polar surface area (TPSA) is 47.6 Å². The largest absolute Gasteiger partial charge is 0.494 e. The van der Waals surface area contributed by atoms with Crippen LogP contribution in [0, 0.1) is 0 Å². The summed E-state index contributed by atoms with van der Waals surface area (Å²) in [5.74, 6) is 1.51. The van der Waals surface area contributed by atoms with Crippen molar-refractivity contribution in [2.75, 3.05) is 18.5 Å². The van der Waals surface area contributed by atoms with Crippen LogP contribution < -0.4 is 14.8 Å². The summed E-state index contributed by atoms with van der Waals surface area (Å²) in [5.41, 5.74) is 1.36. The van der Waals surface area contributed by atoms with Gasteiger partial charge in [-0.1, -0.05) is 52.4 Å². The molecule has 2 aromatic carbocycles. The van der Waals surface area contributed by atoms with Crippen molar-refractivity contribution in [2.45, 2.75) is 65.2 Å². The van der Waals surface area contributed by atoms with E-state index in [1.54, 1.807) is 12.1 Å². The second-order valence-corrected chi connectivity index (χ2v) is 7.32. The molecule has 2 aromatic rings. The van der Waals surface area contributed by atoms with Gasteiger partial charge in [0.1, 0.15) is 11.5 Å². The molecule has 0 fully saturated rings. The lowest BCUT2D eigenvalue weighted by Gasteiger charge is -2.09. The van der Waals surface area contributed by atoms with Gasteiger partial charge in [0, 0.05) is 11.3 Å². The standard InChI is InChI=1S/C25H35NO3/c1-3-5-7-9-19-28-23-15-11-21(12-16-23)25(27)26-22-13-17-24(18-14-22)29-20-10-8-6-4-2/h11-18H,3-10,19-20H2,1-2H3,(H,26,27). The summed E-state index contributed by atoms with van der Waals surface area (Å²) < 4.78 is 11.5. The Balaban J connectivity index is 1.74. The van der Waals surface area contributed by atoms with Crippen LogP contribution in [0.3, 0.4) is 0 Å². The summed E-state index contributed by atoms with van der Waals surface area (Å²) in [5, 5.41) is 2.92. The van der Waals surface area contributed by atoms with Gasteiger partial charge in [-0.25, -0.2) is 0 Å². The molecule has 4 nitrogen and oxygen atoms in total. The first kappa shape index (κ1) is 22.8. The van der Waals surface area contributed by atoms with Crippen molar-refractivity contribution in [3.63, 3.8) is 0 Å². The van der Waals surface area contributed by atoms with Gasteiger partial charge in [0.2, 0.25) is 0 Å². The van der Waals surface area contributed by atoms with Crippen LogP contribution in [-0.4, -0.2) is 19.1 Å². The number of hydrogen-bond acceptors (Lipinski definition) is 3. The van der Waals surface area contributed by atoms with Gasteiger partial charge in [-0.15, -0.1) is 0 Å². The van der Waals surface area contributed by atoms with Gasteiger partial charge < -0.3 is 14.8 Å². The number of carbonyl (C=O) groups is 1. The van der Waals surface area contributed by atoms with Gasteiger partial charge >= 0.3 is 0 Å². The second kappa shape index (κ2) is 13.6. The van der Waals surface area contributed by atoms with E-state index in [4.69, 9.17) is 9.47 Å². The molecule has 0 heterocycles. The van der Waals surface area contributed by atoms with Crippen molar-refractivity contribution < 1.29 is 14.3 Å². The third-order valence-corrected chi connectivity index (χ3v) is 4.76. The Bertz CT molecular complexity index is 695. The Kier molecular flexibility index (Phi) is 10.7. The highest BCUT2D eigenvalue weighted by atomic mass is 16.5. The molecular formula is C25H35NO3. The number of unbranched alkanes of at least 4 members (excludes halogenated alkanes) is 6.